The molecule has 0 spiro atoms. The average molecular weight is 92.1 g/mol. The zero-order valence-corrected chi connectivity index (χ0v) is 3.83. The van der Waals surface area contributed by atoms with Crippen LogP contribution in [0.4, 0.5) is 0 Å². The van der Waals surface area contributed by atoms with Crippen molar-refractivity contribution in [3.05, 3.63) is 26.3 Å². The Hall–Kier alpha value is -0.600. The first kappa shape index (κ1) is 53.3. The van der Waals surface area contributed by atoms with Gasteiger partial charge in [0.15, 0.2) is 0 Å². The van der Waals surface area contributed by atoms with Gasteiger partial charge in [-0.2, -0.15) is 0 Å². The molecule has 0 saturated carbocycles. The highest BCUT2D eigenvalue weighted by Gasteiger charge is 0.603. The van der Waals surface area contributed by atoms with E-state index >= 15 is 0 Å². The summed E-state index contributed by atoms with van der Waals surface area (Å²) in [5.41, 5.74) is 0. The lowest BCUT2D eigenvalue weighted by Crippen LogP contribution is -0.552. The third-order valence-electron chi connectivity index (χ3n) is 0. The van der Waals surface area contributed by atoms with Gasteiger partial charge in [0.2, 0.25) is 0 Å². The Morgan fingerprint density at radius 2 is 0.500 bits per heavy atom. The molecule has 6 heavy (non-hydrogen) atoms. The second-order valence-electron chi connectivity index (χ2n) is 0. The van der Waals surface area contributed by atoms with Gasteiger partial charge in [0.25, 0.3) is 0 Å². The number of hydrogen-bond acceptors (Lipinski definition) is 0. The third-order valence-corrected chi connectivity index (χ3v) is 0. The summed E-state index contributed by atoms with van der Waals surface area (Å²) in [6, 6.07) is 0. The predicted octanol–water partition coefficient (Wildman–Crippen LogP) is -0.0450. The monoisotopic (exact) mass is 92.1 g/mol. The minimum Gasteiger partial charge on any atom is -0.412 e. The fraction of sp³-hybridized carbons (Fsp3) is 0. The van der Waals surface area contributed by atoms with Gasteiger partial charge in [-0.1, -0.05) is 0 Å². The molecule has 4 N–H and O–H groups in total. The summed E-state index contributed by atoms with van der Waals surface area (Å²) >= 11 is 0. The lowest BCUT2D eigenvalue weighted by atomic mass is 11.3. The van der Waals surface area contributed by atoms with Crippen molar-refractivity contribution in [2.24, 2.45) is 0 Å². The molecule has 2 heteroatoms. The molecule has 0 aromatic heterocycles. The molecule has 0 atom stereocenters. The van der Waals surface area contributed by atoms with E-state index in [1.54, 1.807) is 0 Å². The van der Waals surface area contributed by atoms with Gasteiger partial charge < -0.3 is 11.0 Å². The second-order valence-corrected chi connectivity index (χ2v) is 0. The highest BCUT2D eigenvalue weighted by atomic mass is 16.0. The van der Waals surface area contributed by atoms with Gasteiger partial charge in [-0.25, -0.2) is 0 Å². The smallest absolute Gasteiger partial charge is 0.106 e. The molecule has 0 aromatic carbocycles. The fourth-order valence-corrected chi connectivity index (χ4v) is 0. The summed E-state index contributed by atoms with van der Waals surface area (Å²) in [4.78, 5) is 0. The van der Waals surface area contributed by atoms with E-state index in [9.17, 15) is 0 Å². The molecular formula is C4H12O2. The SMILES string of the molecule is C=C.C=C.O.O. The second kappa shape index (κ2) is 141. The molecule has 0 aliphatic carbocycles. The van der Waals surface area contributed by atoms with Crippen molar-refractivity contribution in [2.45, 2.75) is 0 Å². The molecule has 0 aliphatic rings. The predicted molar refractivity (Wildman–Crippen MR) is 29.7 cm³/mol. The largest absolute Gasteiger partial charge is 0.412 e. The van der Waals surface area contributed by atoms with Crippen molar-refractivity contribution in [3.63, 3.8) is 0 Å². The molecule has 0 aromatic rings. The van der Waals surface area contributed by atoms with Crippen LogP contribution in [0.1, 0.15) is 0 Å². The van der Waals surface area contributed by atoms with Crippen LogP contribution in [0.3, 0.4) is 0 Å². The summed E-state index contributed by atoms with van der Waals surface area (Å²) in [5, 5.41) is 0. The van der Waals surface area contributed by atoms with E-state index in [2.05, 4.69) is 26.3 Å². The number of hydrogen-bond donors (Lipinski definition) is 0. The highest BCUT2D eigenvalue weighted by Crippen LogP contribution is 0.864. The average Bonchev–Trinajstić information content (AvgIpc) is 1.50. The van der Waals surface area contributed by atoms with E-state index < -0.39 is 0 Å². The molecular weight excluding hydrogens is 80.0 g/mol. The van der Waals surface area contributed by atoms with Crippen LogP contribution in [-0.2, 0) is 0 Å². The summed E-state index contributed by atoms with van der Waals surface area (Å²) in [5.74, 6) is 0. The van der Waals surface area contributed by atoms with E-state index in [1.807, 2.05) is 0 Å². The lowest BCUT2D eigenvalue weighted by molar-refractivity contribution is 0.823. The van der Waals surface area contributed by atoms with Crippen molar-refractivity contribution < 1.29 is 11.0 Å². The molecule has 0 radical (unpaired) electrons. The Morgan fingerprint density at radius 1 is 0.500 bits per heavy atom. The van der Waals surface area contributed by atoms with E-state index in [1.165, 1.54) is 0 Å². The zero-order valence-electron chi connectivity index (χ0n) is 3.83. The summed E-state index contributed by atoms with van der Waals surface area (Å²) in [6.45, 7) is 12.0. The van der Waals surface area contributed by atoms with Gasteiger partial charge >= 0.3 is 0 Å². The van der Waals surface area contributed by atoms with Crippen molar-refractivity contribution in [2.75, 3.05) is 0 Å². The van der Waals surface area contributed by atoms with Crippen LogP contribution in [0.5, 0.6) is 0 Å². The molecule has 40 valence electrons. The van der Waals surface area contributed by atoms with Crippen LogP contribution < -0.4 is 0 Å². The van der Waals surface area contributed by atoms with E-state index in [4.69, 9.17) is 0 Å². The van der Waals surface area contributed by atoms with E-state index in [0.29, 0.717) is 0 Å². The van der Waals surface area contributed by atoms with Gasteiger partial charge in [0.1, 0.15) is 0 Å². The molecule has 0 rings (SSSR count). The van der Waals surface area contributed by atoms with Crippen LogP contribution in [0.25, 0.3) is 0 Å². The molecule has 0 fully saturated rings. The standard InChI is InChI=1S/2C2H4.2H2O/c2*1-2;;/h2*1-2H2;2*1H2. The van der Waals surface area contributed by atoms with Gasteiger partial charge in [-0.15, -0.1) is 26.3 Å². The molecule has 0 saturated heterocycles. The maximum atomic E-state index is 3.00. The zero-order chi connectivity index (χ0) is 4.00. The van der Waals surface area contributed by atoms with Crippen molar-refractivity contribution >= 4 is 0 Å². The van der Waals surface area contributed by atoms with Gasteiger partial charge in [-0.05, 0) is 0 Å². The molecule has 0 aliphatic heterocycles. The van der Waals surface area contributed by atoms with Gasteiger partial charge in [0, 0.05) is 0 Å². The normalized spacial score (nSPS) is 1.33. The van der Waals surface area contributed by atoms with Crippen molar-refractivity contribution in [1.82, 2.24) is 0 Å². The van der Waals surface area contributed by atoms with Crippen LogP contribution in [0.15, 0.2) is 26.3 Å². The van der Waals surface area contributed by atoms with Crippen LogP contribution in [0.2, 0.25) is 0 Å². The molecule has 2 nitrogen and oxygen atoms in total. The summed E-state index contributed by atoms with van der Waals surface area (Å²) < 4.78 is 0. The summed E-state index contributed by atoms with van der Waals surface area (Å²) in [7, 11) is 0. The van der Waals surface area contributed by atoms with Crippen molar-refractivity contribution in [3.8, 4) is 0 Å². The third kappa shape index (κ3) is 54.4. The Kier molecular flexibility index (Phi) is 1260. The Bertz CT molecular complexity index is 7.51. The number of rotatable bonds is 0. The fourth-order valence-electron chi connectivity index (χ4n) is 0. The topological polar surface area (TPSA) is 63.0 Å². The lowest BCUT2D eigenvalue weighted by Gasteiger charge is -0.813. The van der Waals surface area contributed by atoms with Gasteiger partial charge in [0.05, 0.1) is 0 Å². The molecule has 0 amide bonds. The molecule has 0 unspecified atom stereocenters. The minimum absolute atomic E-state index is 0. The minimum atomic E-state index is 0. The first-order chi connectivity index (χ1) is 2.00. The first-order valence-electron chi connectivity index (χ1n) is 1.000. The van der Waals surface area contributed by atoms with Crippen LogP contribution in [0, 0.1) is 0 Å². The van der Waals surface area contributed by atoms with E-state index in [0.717, 1.165) is 0 Å². The maximum Gasteiger partial charge on any atom is -0.106 e. The Labute approximate surface area is 38.4 Å². The highest BCUT2D eigenvalue weighted by molar-refractivity contribution is 4.22. The Balaban J connectivity index is -0.00000000500. The van der Waals surface area contributed by atoms with Crippen LogP contribution >= 0.6 is 0 Å². The van der Waals surface area contributed by atoms with Crippen LogP contribution in [-0.4, -0.2) is 11.0 Å². The summed E-state index contributed by atoms with van der Waals surface area (Å²) in [6.07, 6.45) is 0. The Morgan fingerprint density at radius 3 is 0.500 bits per heavy atom. The quantitative estimate of drug-likeness (QED) is 0.376. The van der Waals surface area contributed by atoms with Gasteiger partial charge in [-0.3, -0.25) is 0 Å². The first-order valence-corrected chi connectivity index (χ1v) is 1.000. The van der Waals surface area contributed by atoms with Crippen molar-refractivity contribution in [1.29, 1.82) is 0 Å². The maximum absolute atomic E-state index is 3.00. The van der Waals surface area contributed by atoms with E-state index in [-0.39, 0.29) is 11.0 Å². The molecule has 0 bridgehead atoms. The molecule has 0 heterocycles.